The average molecular weight is 342 g/mol. The fourth-order valence-corrected chi connectivity index (χ4v) is 3.17. The lowest BCUT2D eigenvalue weighted by atomic mass is 10.0. The molecule has 9 nitrogen and oxygen atoms in total. The SMILES string of the molecule is CN(c1n[nH]c2cc3c(cc12)C(CCO)OC(=O)N3)c1ccnn1C. The Labute approximate surface area is 143 Å². The number of H-pyrrole nitrogens is 1. The van der Waals surface area contributed by atoms with Gasteiger partial charge in [0.1, 0.15) is 11.9 Å². The molecule has 130 valence electrons. The molecule has 3 N–H and O–H groups in total. The molecule has 0 radical (unpaired) electrons. The van der Waals surface area contributed by atoms with Gasteiger partial charge in [0, 0.05) is 44.1 Å². The first kappa shape index (κ1) is 15.5. The van der Waals surface area contributed by atoms with Gasteiger partial charge in [-0.25, -0.2) is 4.79 Å². The minimum Gasteiger partial charge on any atom is -0.441 e. The minimum absolute atomic E-state index is 0.0669. The Morgan fingerprint density at radius 2 is 2.28 bits per heavy atom. The molecule has 2 aromatic heterocycles. The van der Waals surface area contributed by atoms with Gasteiger partial charge in [-0.3, -0.25) is 15.1 Å². The number of hydrogen-bond acceptors (Lipinski definition) is 6. The Balaban J connectivity index is 1.83. The van der Waals surface area contributed by atoms with E-state index in [0.29, 0.717) is 12.1 Å². The second-order valence-corrected chi connectivity index (χ2v) is 5.94. The summed E-state index contributed by atoms with van der Waals surface area (Å²) < 4.78 is 7.06. The highest BCUT2D eigenvalue weighted by Gasteiger charge is 2.28. The van der Waals surface area contributed by atoms with Crippen molar-refractivity contribution in [2.75, 3.05) is 23.9 Å². The highest BCUT2D eigenvalue weighted by molar-refractivity contribution is 5.98. The van der Waals surface area contributed by atoms with Crippen LogP contribution in [-0.2, 0) is 11.8 Å². The van der Waals surface area contributed by atoms with Crippen LogP contribution >= 0.6 is 0 Å². The molecule has 3 aromatic rings. The second-order valence-electron chi connectivity index (χ2n) is 5.94. The topological polar surface area (TPSA) is 108 Å². The number of nitrogens with one attached hydrogen (secondary N) is 2. The normalized spacial score (nSPS) is 16.4. The summed E-state index contributed by atoms with van der Waals surface area (Å²) in [6.45, 7) is -0.0669. The molecule has 1 aromatic carbocycles. The monoisotopic (exact) mass is 342 g/mol. The molecule has 3 heterocycles. The number of amides is 1. The largest absolute Gasteiger partial charge is 0.441 e. The Morgan fingerprint density at radius 3 is 3.00 bits per heavy atom. The first-order valence-electron chi connectivity index (χ1n) is 7.90. The third-order valence-electron chi connectivity index (χ3n) is 4.39. The van der Waals surface area contributed by atoms with Crippen LogP contribution in [0, 0.1) is 0 Å². The Kier molecular flexibility index (Phi) is 3.57. The number of aliphatic hydroxyl groups excluding tert-OH is 1. The lowest BCUT2D eigenvalue weighted by Gasteiger charge is -2.26. The standard InChI is InChI=1S/C16H18N6O3/c1-21(14-3-5-17-22(14)2)15-10-7-9-11(8-12(10)19-20-15)18-16(24)25-13(9)4-6-23/h3,5,7-8,13,23H,4,6H2,1-2H3,(H,18,24)(H,19,20). The molecular weight excluding hydrogens is 324 g/mol. The first-order valence-corrected chi connectivity index (χ1v) is 7.90. The van der Waals surface area contributed by atoms with E-state index in [1.807, 2.05) is 37.2 Å². The van der Waals surface area contributed by atoms with Gasteiger partial charge >= 0.3 is 6.09 Å². The number of fused-ring (bicyclic) bond motifs is 2. The Hall–Kier alpha value is -3.07. The van der Waals surface area contributed by atoms with E-state index in [0.717, 1.165) is 28.1 Å². The fraction of sp³-hybridized carbons (Fsp3) is 0.312. The molecule has 1 amide bonds. The van der Waals surface area contributed by atoms with Crippen molar-refractivity contribution in [1.82, 2.24) is 20.0 Å². The van der Waals surface area contributed by atoms with Crippen LogP contribution in [0.3, 0.4) is 0 Å². The number of aromatic amines is 1. The molecule has 0 bridgehead atoms. The predicted molar refractivity (Wildman–Crippen MR) is 91.9 cm³/mol. The number of carbonyl (C=O) groups excluding carboxylic acids is 1. The zero-order chi connectivity index (χ0) is 17.6. The van der Waals surface area contributed by atoms with Crippen LogP contribution in [0.2, 0.25) is 0 Å². The summed E-state index contributed by atoms with van der Waals surface area (Å²) in [5.74, 6) is 1.63. The molecule has 4 rings (SSSR count). The van der Waals surface area contributed by atoms with Crippen LogP contribution in [0.5, 0.6) is 0 Å². The van der Waals surface area contributed by atoms with E-state index in [2.05, 4.69) is 20.6 Å². The van der Waals surface area contributed by atoms with Crippen LogP contribution in [0.4, 0.5) is 22.1 Å². The number of aryl methyl sites for hydroxylation is 1. The van der Waals surface area contributed by atoms with Crippen molar-refractivity contribution >= 4 is 34.3 Å². The minimum atomic E-state index is -0.517. The van der Waals surface area contributed by atoms with Crippen LogP contribution in [-0.4, -0.2) is 44.8 Å². The molecule has 0 spiro atoms. The van der Waals surface area contributed by atoms with E-state index in [4.69, 9.17) is 4.74 Å². The molecule has 9 heteroatoms. The summed E-state index contributed by atoms with van der Waals surface area (Å²) in [6, 6.07) is 5.68. The summed E-state index contributed by atoms with van der Waals surface area (Å²) in [5.41, 5.74) is 2.29. The lowest BCUT2D eigenvalue weighted by molar-refractivity contribution is 0.0873. The van der Waals surface area contributed by atoms with Gasteiger partial charge in [-0.15, -0.1) is 0 Å². The number of benzene rings is 1. The number of aliphatic hydroxyl groups is 1. The van der Waals surface area contributed by atoms with Crippen LogP contribution in [0.15, 0.2) is 24.4 Å². The fourth-order valence-electron chi connectivity index (χ4n) is 3.17. The van der Waals surface area contributed by atoms with Crippen LogP contribution in [0.25, 0.3) is 10.9 Å². The average Bonchev–Trinajstić information content (AvgIpc) is 3.18. The highest BCUT2D eigenvalue weighted by Crippen LogP contribution is 2.38. The molecule has 1 atom stereocenters. The van der Waals surface area contributed by atoms with Crippen molar-refractivity contribution in [3.05, 3.63) is 30.0 Å². The Morgan fingerprint density at radius 1 is 1.44 bits per heavy atom. The van der Waals surface area contributed by atoms with Crippen LogP contribution < -0.4 is 10.2 Å². The number of carbonyl (C=O) groups is 1. The number of aromatic nitrogens is 4. The van der Waals surface area contributed by atoms with Crippen molar-refractivity contribution in [2.24, 2.45) is 7.05 Å². The summed E-state index contributed by atoms with van der Waals surface area (Å²) in [7, 11) is 3.78. The third kappa shape index (κ3) is 2.49. The predicted octanol–water partition coefficient (Wildman–Crippen LogP) is 2.05. The molecular formula is C16H18N6O3. The van der Waals surface area contributed by atoms with Gasteiger partial charge in [-0.05, 0) is 12.1 Å². The number of rotatable bonds is 4. The maximum atomic E-state index is 11.7. The second kappa shape index (κ2) is 5.78. The van der Waals surface area contributed by atoms with Crippen molar-refractivity contribution in [3.63, 3.8) is 0 Å². The third-order valence-corrected chi connectivity index (χ3v) is 4.39. The van der Waals surface area contributed by atoms with Crippen molar-refractivity contribution in [1.29, 1.82) is 0 Å². The maximum Gasteiger partial charge on any atom is 0.412 e. The number of anilines is 3. The summed E-state index contributed by atoms with van der Waals surface area (Å²) in [4.78, 5) is 13.6. The van der Waals surface area contributed by atoms with Gasteiger partial charge in [0.15, 0.2) is 5.82 Å². The molecule has 0 fully saturated rings. The zero-order valence-electron chi connectivity index (χ0n) is 13.9. The van der Waals surface area contributed by atoms with Gasteiger partial charge in [-0.2, -0.15) is 10.2 Å². The van der Waals surface area contributed by atoms with Crippen molar-refractivity contribution in [3.8, 4) is 0 Å². The van der Waals surface area contributed by atoms with E-state index >= 15 is 0 Å². The zero-order valence-corrected chi connectivity index (χ0v) is 13.9. The number of hydrogen-bond donors (Lipinski definition) is 3. The summed E-state index contributed by atoms with van der Waals surface area (Å²) in [5, 5.41) is 24.4. The number of nitrogens with zero attached hydrogens (tertiary/aromatic N) is 4. The molecule has 0 saturated heterocycles. The molecule has 1 aliphatic heterocycles. The van der Waals surface area contributed by atoms with E-state index < -0.39 is 12.2 Å². The van der Waals surface area contributed by atoms with E-state index in [-0.39, 0.29) is 6.61 Å². The molecule has 0 aliphatic carbocycles. The highest BCUT2D eigenvalue weighted by atomic mass is 16.6. The number of ether oxygens (including phenoxy) is 1. The van der Waals surface area contributed by atoms with E-state index in [1.54, 1.807) is 10.9 Å². The maximum absolute atomic E-state index is 11.7. The van der Waals surface area contributed by atoms with Gasteiger partial charge < -0.3 is 14.7 Å². The molecule has 1 aliphatic rings. The molecule has 25 heavy (non-hydrogen) atoms. The van der Waals surface area contributed by atoms with E-state index in [1.165, 1.54) is 0 Å². The lowest BCUT2D eigenvalue weighted by Crippen LogP contribution is -2.25. The summed E-state index contributed by atoms with van der Waals surface area (Å²) in [6.07, 6.45) is 1.07. The quantitative estimate of drug-likeness (QED) is 0.670. The first-order chi connectivity index (χ1) is 12.1. The smallest absolute Gasteiger partial charge is 0.412 e. The van der Waals surface area contributed by atoms with E-state index in [9.17, 15) is 9.90 Å². The van der Waals surface area contributed by atoms with Crippen LogP contribution in [0.1, 0.15) is 18.1 Å². The van der Waals surface area contributed by atoms with Gasteiger partial charge in [0.05, 0.1) is 17.4 Å². The summed E-state index contributed by atoms with van der Waals surface area (Å²) >= 11 is 0. The van der Waals surface area contributed by atoms with Gasteiger partial charge in [0.2, 0.25) is 0 Å². The van der Waals surface area contributed by atoms with Gasteiger partial charge in [-0.1, -0.05) is 0 Å². The van der Waals surface area contributed by atoms with Gasteiger partial charge in [0.25, 0.3) is 0 Å². The van der Waals surface area contributed by atoms with Crippen molar-refractivity contribution < 1.29 is 14.6 Å². The molecule has 0 saturated carbocycles. The Bertz CT molecular complexity index is 947. The van der Waals surface area contributed by atoms with Crippen molar-refractivity contribution in [2.45, 2.75) is 12.5 Å². The number of cyclic esters (lactones) is 1. The molecule has 1 unspecified atom stereocenters.